The van der Waals surface area contributed by atoms with Crippen LogP contribution in [0.4, 0.5) is 0 Å². The fraction of sp³-hybridized carbons (Fsp3) is 0.280. The molecule has 4 aromatic rings. The standard InChI is InChI=1S/C25H27N5O2S/c1-16(2)32-21-12-10-19(11-13-21)14-26-22(31)15-33-25-24-23(17(3)27-28-25)18(4)30(29-24)20-8-6-5-7-9-20/h5-13,16H,14-15H2,1-4H3,(H,26,31). The highest BCUT2D eigenvalue weighted by Gasteiger charge is 2.18. The van der Waals surface area contributed by atoms with Gasteiger partial charge in [0, 0.05) is 11.9 Å². The minimum atomic E-state index is -0.0720. The summed E-state index contributed by atoms with van der Waals surface area (Å²) in [5, 5.41) is 18.0. The number of ether oxygens (including phenoxy) is 1. The Hall–Kier alpha value is -3.39. The molecular formula is C25H27N5O2S. The average molecular weight is 462 g/mol. The van der Waals surface area contributed by atoms with E-state index in [4.69, 9.17) is 9.84 Å². The summed E-state index contributed by atoms with van der Waals surface area (Å²) in [5.74, 6) is 0.985. The third kappa shape index (κ3) is 5.34. The van der Waals surface area contributed by atoms with Crippen LogP contribution in [0.5, 0.6) is 5.75 Å². The Morgan fingerprint density at radius 1 is 1.06 bits per heavy atom. The number of rotatable bonds is 8. The summed E-state index contributed by atoms with van der Waals surface area (Å²) >= 11 is 1.35. The number of carbonyl (C=O) groups is 1. The van der Waals surface area contributed by atoms with Crippen molar-refractivity contribution in [1.29, 1.82) is 0 Å². The number of benzene rings is 2. The van der Waals surface area contributed by atoms with E-state index >= 15 is 0 Å². The van der Waals surface area contributed by atoms with Crippen LogP contribution in [0.15, 0.2) is 59.6 Å². The van der Waals surface area contributed by atoms with Crippen molar-refractivity contribution >= 4 is 28.6 Å². The van der Waals surface area contributed by atoms with Gasteiger partial charge in [0.15, 0.2) is 0 Å². The van der Waals surface area contributed by atoms with E-state index in [1.165, 1.54) is 11.8 Å². The van der Waals surface area contributed by atoms with Gasteiger partial charge < -0.3 is 10.1 Å². The number of nitrogens with zero attached hydrogens (tertiary/aromatic N) is 4. The van der Waals surface area contributed by atoms with Crippen molar-refractivity contribution in [2.45, 2.75) is 45.4 Å². The quantitative estimate of drug-likeness (QED) is 0.385. The molecule has 0 aliphatic rings. The number of aryl methyl sites for hydroxylation is 2. The molecule has 0 saturated heterocycles. The summed E-state index contributed by atoms with van der Waals surface area (Å²) in [7, 11) is 0. The average Bonchev–Trinajstić information content (AvgIpc) is 3.16. The lowest BCUT2D eigenvalue weighted by Gasteiger charge is -2.10. The Morgan fingerprint density at radius 3 is 2.48 bits per heavy atom. The number of carbonyl (C=O) groups excluding carboxylic acids is 1. The van der Waals surface area contributed by atoms with E-state index in [1.807, 2.05) is 87.0 Å². The van der Waals surface area contributed by atoms with E-state index in [-0.39, 0.29) is 17.8 Å². The van der Waals surface area contributed by atoms with Gasteiger partial charge in [-0.3, -0.25) is 4.79 Å². The largest absolute Gasteiger partial charge is 0.491 e. The molecule has 170 valence electrons. The van der Waals surface area contributed by atoms with E-state index < -0.39 is 0 Å². The molecule has 0 bridgehead atoms. The molecule has 0 aliphatic carbocycles. The Morgan fingerprint density at radius 2 is 1.79 bits per heavy atom. The fourth-order valence-corrected chi connectivity index (χ4v) is 4.31. The molecule has 4 rings (SSSR count). The van der Waals surface area contributed by atoms with E-state index in [0.717, 1.165) is 39.3 Å². The van der Waals surface area contributed by atoms with Gasteiger partial charge in [-0.15, -0.1) is 5.10 Å². The van der Waals surface area contributed by atoms with Crippen molar-refractivity contribution < 1.29 is 9.53 Å². The predicted octanol–water partition coefficient (Wildman–Crippen LogP) is 4.63. The summed E-state index contributed by atoms with van der Waals surface area (Å²) in [4.78, 5) is 12.5. The maximum atomic E-state index is 12.5. The summed E-state index contributed by atoms with van der Waals surface area (Å²) in [6.07, 6.45) is 0.131. The molecule has 0 aliphatic heterocycles. The smallest absolute Gasteiger partial charge is 0.230 e. The van der Waals surface area contributed by atoms with Crippen LogP contribution in [-0.4, -0.2) is 37.7 Å². The predicted molar refractivity (Wildman–Crippen MR) is 131 cm³/mol. The summed E-state index contributed by atoms with van der Waals surface area (Å²) < 4.78 is 7.55. The number of thioether (sulfide) groups is 1. The van der Waals surface area contributed by atoms with Crippen molar-refractivity contribution in [3.63, 3.8) is 0 Å². The van der Waals surface area contributed by atoms with Gasteiger partial charge in [-0.25, -0.2) is 4.68 Å². The lowest BCUT2D eigenvalue weighted by molar-refractivity contribution is -0.118. The normalized spacial score (nSPS) is 11.2. The molecule has 0 saturated carbocycles. The molecule has 7 nitrogen and oxygen atoms in total. The Kier molecular flexibility index (Phi) is 6.93. The Balaban J connectivity index is 1.43. The monoisotopic (exact) mass is 461 g/mol. The SMILES string of the molecule is Cc1nnc(SCC(=O)NCc2ccc(OC(C)C)cc2)c2nn(-c3ccccc3)c(C)c12. The number of aromatic nitrogens is 4. The third-order valence-corrected chi connectivity index (χ3v) is 6.05. The number of hydrogen-bond donors (Lipinski definition) is 1. The number of fused-ring (bicyclic) bond motifs is 1. The molecule has 0 spiro atoms. The van der Waals surface area contributed by atoms with Crippen LogP contribution < -0.4 is 10.1 Å². The van der Waals surface area contributed by atoms with Crippen molar-refractivity contribution in [2.24, 2.45) is 0 Å². The second-order valence-corrected chi connectivity index (χ2v) is 8.99. The summed E-state index contributed by atoms with van der Waals surface area (Å²) in [5.41, 5.74) is 4.58. The summed E-state index contributed by atoms with van der Waals surface area (Å²) in [6, 6.07) is 17.7. The first-order chi connectivity index (χ1) is 15.9. The lowest BCUT2D eigenvalue weighted by atomic mass is 10.2. The van der Waals surface area contributed by atoms with Gasteiger partial charge in [0.2, 0.25) is 5.91 Å². The number of para-hydroxylation sites is 1. The van der Waals surface area contributed by atoms with Gasteiger partial charge in [-0.2, -0.15) is 10.2 Å². The number of amides is 1. The highest BCUT2D eigenvalue weighted by Crippen LogP contribution is 2.29. The van der Waals surface area contributed by atoms with Crippen molar-refractivity contribution in [2.75, 3.05) is 5.75 Å². The lowest BCUT2D eigenvalue weighted by Crippen LogP contribution is -2.24. The van der Waals surface area contributed by atoms with Gasteiger partial charge in [-0.1, -0.05) is 42.1 Å². The molecule has 8 heteroatoms. The van der Waals surface area contributed by atoms with Crippen molar-refractivity contribution in [1.82, 2.24) is 25.3 Å². The van der Waals surface area contributed by atoms with Crippen LogP contribution in [0.1, 0.15) is 30.8 Å². The van der Waals surface area contributed by atoms with Crippen molar-refractivity contribution in [3.8, 4) is 11.4 Å². The second-order valence-electron chi connectivity index (χ2n) is 8.02. The zero-order chi connectivity index (χ0) is 23.4. The Labute approximate surface area is 197 Å². The molecule has 33 heavy (non-hydrogen) atoms. The first-order valence-electron chi connectivity index (χ1n) is 10.9. The van der Waals surface area contributed by atoms with Crippen LogP contribution in [0, 0.1) is 13.8 Å². The first kappa shape index (κ1) is 22.8. The molecule has 0 radical (unpaired) electrons. The highest BCUT2D eigenvalue weighted by molar-refractivity contribution is 8.00. The van der Waals surface area contributed by atoms with E-state index in [1.54, 1.807) is 0 Å². The van der Waals surface area contributed by atoms with Gasteiger partial charge >= 0.3 is 0 Å². The molecule has 1 amide bonds. The van der Waals surface area contributed by atoms with Gasteiger partial charge in [0.1, 0.15) is 16.3 Å². The second kappa shape index (κ2) is 10.0. The molecule has 2 aromatic carbocycles. The molecule has 2 aromatic heterocycles. The highest BCUT2D eigenvalue weighted by atomic mass is 32.2. The topological polar surface area (TPSA) is 81.9 Å². The molecule has 0 unspecified atom stereocenters. The molecule has 1 N–H and O–H groups in total. The van der Waals surface area contributed by atoms with Gasteiger partial charge in [0.25, 0.3) is 0 Å². The van der Waals surface area contributed by atoms with E-state index in [9.17, 15) is 4.79 Å². The van der Waals surface area contributed by atoms with Crippen LogP contribution in [-0.2, 0) is 11.3 Å². The maximum absolute atomic E-state index is 12.5. The molecule has 0 fully saturated rings. The fourth-order valence-electron chi connectivity index (χ4n) is 3.56. The van der Waals surface area contributed by atoms with E-state index in [0.29, 0.717) is 11.6 Å². The third-order valence-electron chi connectivity index (χ3n) is 5.10. The number of nitrogens with one attached hydrogen (secondary N) is 1. The number of hydrogen-bond acceptors (Lipinski definition) is 6. The van der Waals surface area contributed by atoms with Crippen molar-refractivity contribution in [3.05, 3.63) is 71.5 Å². The Bertz CT molecular complexity index is 1250. The molecule has 0 atom stereocenters. The molecule has 2 heterocycles. The summed E-state index contributed by atoms with van der Waals surface area (Å²) in [6.45, 7) is 8.39. The first-order valence-corrected chi connectivity index (χ1v) is 11.8. The zero-order valence-corrected chi connectivity index (χ0v) is 20.0. The van der Waals surface area contributed by atoms with Crippen LogP contribution >= 0.6 is 11.8 Å². The van der Waals surface area contributed by atoms with Crippen LogP contribution in [0.25, 0.3) is 16.6 Å². The van der Waals surface area contributed by atoms with Crippen LogP contribution in [0.3, 0.4) is 0 Å². The maximum Gasteiger partial charge on any atom is 0.230 e. The van der Waals surface area contributed by atoms with E-state index in [2.05, 4.69) is 15.5 Å². The van der Waals surface area contributed by atoms with Gasteiger partial charge in [-0.05, 0) is 57.5 Å². The minimum absolute atomic E-state index is 0.0720. The zero-order valence-electron chi connectivity index (χ0n) is 19.2. The minimum Gasteiger partial charge on any atom is -0.491 e. The molecular weight excluding hydrogens is 434 g/mol. The van der Waals surface area contributed by atoms with Crippen LogP contribution in [0.2, 0.25) is 0 Å². The van der Waals surface area contributed by atoms with Gasteiger partial charge in [0.05, 0.1) is 28.9 Å².